The van der Waals surface area contributed by atoms with Crippen LogP contribution in [0.25, 0.3) is 0 Å². The second-order valence-corrected chi connectivity index (χ2v) is 6.96. The Hall–Kier alpha value is -0.240. The number of ether oxygens (including phenoxy) is 4. The van der Waals surface area contributed by atoms with E-state index in [0.29, 0.717) is 24.7 Å². The van der Waals surface area contributed by atoms with E-state index < -0.39 is 5.66 Å². The van der Waals surface area contributed by atoms with Crippen LogP contribution in [0.5, 0.6) is 0 Å². The van der Waals surface area contributed by atoms with Gasteiger partial charge in [0.15, 0.2) is 0 Å². The van der Waals surface area contributed by atoms with Gasteiger partial charge in [-0.25, -0.2) is 0 Å². The molecule has 0 aromatic rings. The zero-order valence-corrected chi connectivity index (χ0v) is 11.8. The Labute approximate surface area is 119 Å². The van der Waals surface area contributed by atoms with Crippen molar-refractivity contribution in [3.8, 4) is 0 Å². The lowest BCUT2D eigenvalue weighted by molar-refractivity contribution is 0.0439. The molecule has 0 aromatic carbocycles. The molecule has 0 amide bonds. The summed E-state index contributed by atoms with van der Waals surface area (Å²) < 4.78 is 21.7. The topological polar surface area (TPSA) is 102 Å². The largest absolute Gasteiger partial charge is 0.373 e. The molecule has 4 rings (SSSR count). The third kappa shape index (κ3) is 3.00. The van der Waals surface area contributed by atoms with Crippen molar-refractivity contribution in [2.45, 2.75) is 55.8 Å². The second-order valence-electron chi connectivity index (χ2n) is 6.96. The summed E-state index contributed by atoms with van der Waals surface area (Å²) in [5.41, 5.74) is 12.3. The summed E-state index contributed by atoms with van der Waals surface area (Å²) in [5, 5.41) is 0. The zero-order valence-electron chi connectivity index (χ0n) is 11.8. The molecule has 0 bridgehead atoms. The third-order valence-electron chi connectivity index (χ3n) is 5.02. The van der Waals surface area contributed by atoms with Crippen molar-refractivity contribution in [3.05, 3.63) is 0 Å². The molecule has 4 saturated heterocycles. The third-order valence-corrected chi connectivity index (χ3v) is 5.02. The lowest BCUT2D eigenvalue weighted by atomic mass is 9.65. The smallest absolute Gasteiger partial charge is 0.0840 e. The molecular weight excluding hydrogens is 260 g/mol. The minimum atomic E-state index is -0.752. The normalized spacial score (nSPS) is 41.1. The Bertz CT molecular complexity index is 337. The maximum Gasteiger partial charge on any atom is 0.0840 e. The van der Waals surface area contributed by atoms with Crippen molar-refractivity contribution in [3.63, 3.8) is 0 Å². The quantitative estimate of drug-likeness (QED) is 0.447. The predicted molar refractivity (Wildman–Crippen MR) is 71.0 cm³/mol. The lowest BCUT2D eigenvalue weighted by Crippen LogP contribution is -2.64. The molecule has 0 radical (unpaired) electrons. The van der Waals surface area contributed by atoms with Crippen LogP contribution >= 0.6 is 0 Å². The number of epoxide rings is 4. The summed E-state index contributed by atoms with van der Waals surface area (Å²) in [6.07, 6.45) is 4.58. The van der Waals surface area contributed by atoms with Gasteiger partial charge in [-0.15, -0.1) is 0 Å². The molecule has 0 aliphatic carbocycles. The number of rotatable bonds is 9. The molecule has 4 heterocycles. The van der Waals surface area contributed by atoms with Crippen molar-refractivity contribution >= 4 is 0 Å². The molecule has 0 spiro atoms. The highest BCUT2D eigenvalue weighted by Gasteiger charge is 2.55. The van der Waals surface area contributed by atoms with Crippen LogP contribution in [0.4, 0.5) is 0 Å². The second kappa shape index (κ2) is 4.63. The van der Waals surface area contributed by atoms with Crippen molar-refractivity contribution in [1.82, 2.24) is 0 Å². The molecule has 4 N–H and O–H groups in total. The summed E-state index contributed by atoms with van der Waals surface area (Å²) in [6, 6.07) is 0. The van der Waals surface area contributed by atoms with Gasteiger partial charge in [0.05, 0.1) is 56.5 Å². The number of nitrogens with two attached hydrogens (primary N) is 2. The van der Waals surface area contributed by atoms with E-state index in [0.717, 1.165) is 45.7 Å². The fourth-order valence-corrected chi connectivity index (χ4v) is 3.46. The van der Waals surface area contributed by atoms with E-state index >= 15 is 0 Å². The van der Waals surface area contributed by atoms with E-state index in [9.17, 15) is 0 Å². The molecule has 6 nitrogen and oxygen atoms in total. The molecule has 4 aliphatic heterocycles. The predicted octanol–water partition coefficient (Wildman–Crippen LogP) is -0.258. The van der Waals surface area contributed by atoms with Crippen molar-refractivity contribution < 1.29 is 18.9 Å². The minimum absolute atomic E-state index is 0.178. The van der Waals surface area contributed by atoms with Gasteiger partial charge >= 0.3 is 0 Å². The van der Waals surface area contributed by atoms with Crippen molar-refractivity contribution in [2.75, 3.05) is 26.4 Å². The molecular formula is C14H24N2O4. The molecule has 4 unspecified atom stereocenters. The van der Waals surface area contributed by atoms with Crippen LogP contribution in [-0.2, 0) is 18.9 Å². The average Bonchev–Trinajstić information content (AvgIpc) is 3.16. The summed E-state index contributed by atoms with van der Waals surface area (Å²) >= 11 is 0. The van der Waals surface area contributed by atoms with Crippen molar-refractivity contribution in [2.24, 2.45) is 16.9 Å². The summed E-state index contributed by atoms with van der Waals surface area (Å²) in [4.78, 5) is 0. The van der Waals surface area contributed by atoms with E-state index in [1.54, 1.807) is 0 Å². The van der Waals surface area contributed by atoms with Crippen molar-refractivity contribution in [1.29, 1.82) is 0 Å². The van der Waals surface area contributed by atoms with E-state index in [4.69, 9.17) is 30.4 Å². The van der Waals surface area contributed by atoms with Gasteiger partial charge in [0.1, 0.15) is 0 Å². The van der Waals surface area contributed by atoms with Crippen LogP contribution in [0, 0.1) is 5.41 Å². The zero-order chi connectivity index (χ0) is 13.8. The van der Waals surface area contributed by atoms with Crippen LogP contribution < -0.4 is 11.5 Å². The van der Waals surface area contributed by atoms with Gasteiger partial charge in [-0.1, -0.05) is 0 Å². The summed E-state index contributed by atoms with van der Waals surface area (Å²) in [6.45, 7) is 3.27. The summed E-state index contributed by atoms with van der Waals surface area (Å²) in [5.74, 6) is 0. The van der Waals surface area contributed by atoms with Crippen LogP contribution in [0.2, 0.25) is 0 Å². The Morgan fingerprint density at radius 1 is 0.650 bits per heavy atom. The Kier molecular flexibility index (Phi) is 3.11. The first-order chi connectivity index (χ1) is 9.56. The Morgan fingerprint density at radius 3 is 1.25 bits per heavy atom. The molecule has 114 valence electrons. The number of hydrogen-bond acceptors (Lipinski definition) is 6. The maximum absolute atomic E-state index is 6.60. The van der Waals surface area contributed by atoms with E-state index in [1.165, 1.54) is 0 Å². The molecule has 4 atom stereocenters. The van der Waals surface area contributed by atoms with E-state index in [2.05, 4.69) is 0 Å². The fourth-order valence-electron chi connectivity index (χ4n) is 3.46. The minimum Gasteiger partial charge on any atom is -0.373 e. The Balaban J connectivity index is 1.55. The molecule has 0 saturated carbocycles. The van der Waals surface area contributed by atoms with Gasteiger partial charge in [-0.05, 0) is 19.3 Å². The standard InChI is InChI=1S/C14H24N2O4/c15-14(16,4-12-8-20-12)13(1-9-5-17-9,2-10-6-18-10)3-11-7-19-11/h9-12H,1-8,15-16H2. The van der Waals surface area contributed by atoms with Gasteiger partial charge in [-0.2, -0.15) is 0 Å². The van der Waals surface area contributed by atoms with Gasteiger partial charge in [-0.3, -0.25) is 0 Å². The van der Waals surface area contributed by atoms with Crippen LogP contribution in [0.3, 0.4) is 0 Å². The SMILES string of the molecule is NC(N)(CC1CO1)C(CC1CO1)(CC1CO1)CC1CO1. The van der Waals surface area contributed by atoms with E-state index in [-0.39, 0.29) is 11.5 Å². The highest BCUT2D eigenvalue weighted by Crippen LogP contribution is 2.49. The van der Waals surface area contributed by atoms with Gasteiger partial charge in [0, 0.05) is 11.8 Å². The highest BCUT2D eigenvalue weighted by molar-refractivity contribution is 5.07. The fraction of sp³-hybridized carbons (Fsp3) is 1.00. The maximum atomic E-state index is 6.60. The lowest BCUT2D eigenvalue weighted by Gasteiger charge is -2.46. The first-order valence-electron chi connectivity index (χ1n) is 7.61. The molecule has 0 aromatic heterocycles. The van der Waals surface area contributed by atoms with Gasteiger partial charge in [0.25, 0.3) is 0 Å². The highest BCUT2D eigenvalue weighted by atomic mass is 16.6. The molecule has 4 fully saturated rings. The van der Waals surface area contributed by atoms with Crippen LogP contribution in [-0.4, -0.2) is 56.5 Å². The first-order valence-corrected chi connectivity index (χ1v) is 7.61. The molecule has 6 heteroatoms. The van der Waals surface area contributed by atoms with Gasteiger partial charge < -0.3 is 30.4 Å². The van der Waals surface area contributed by atoms with Crippen LogP contribution in [0.15, 0.2) is 0 Å². The van der Waals surface area contributed by atoms with Crippen LogP contribution in [0.1, 0.15) is 25.7 Å². The Morgan fingerprint density at radius 2 is 0.950 bits per heavy atom. The average molecular weight is 284 g/mol. The monoisotopic (exact) mass is 284 g/mol. The number of hydrogen-bond donors (Lipinski definition) is 2. The summed E-state index contributed by atoms with van der Waals surface area (Å²) in [7, 11) is 0. The molecule has 4 aliphatic rings. The van der Waals surface area contributed by atoms with E-state index in [1.807, 2.05) is 0 Å². The van der Waals surface area contributed by atoms with Gasteiger partial charge in [0.2, 0.25) is 0 Å². The first kappa shape index (κ1) is 13.4. The molecule has 20 heavy (non-hydrogen) atoms.